The van der Waals surface area contributed by atoms with E-state index in [1.807, 2.05) is 8.97 Å². The van der Waals surface area contributed by atoms with E-state index >= 15 is 0 Å². The second-order valence-electron chi connectivity index (χ2n) is 6.67. The predicted octanol–water partition coefficient (Wildman–Crippen LogP) is 3.76. The topological polar surface area (TPSA) is 55.1 Å². The molecule has 0 bridgehead atoms. The third kappa shape index (κ3) is 1.86. The Labute approximate surface area is 142 Å². The minimum atomic E-state index is 0.146. The van der Waals surface area contributed by atoms with Crippen molar-refractivity contribution >= 4 is 39.5 Å². The van der Waals surface area contributed by atoms with Crippen LogP contribution in [-0.4, -0.2) is 19.2 Å². The van der Waals surface area contributed by atoms with Crippen molar-refractivity contribution in [2.45, 2.75) is 57.4 Å². The van der Waals surface area contributed by atoms with Gasteiger partial charge in [0.25, 0.3) is 5.56 Å². The minimum Gasteiger partial charge on any atom is -0.273 e. The smallest absolute Gasteiger partial charge is 0.264 e. The zero-order valence-electron chi connectivity index (χ0n) is 12.8. The molecule has 120 valence electrons. The molecule has 0 saturated heterocycles. The van der Waals surface area contributed by atoms with Crippen molar-refractivity contribution in [3.05, 3.63) is 25.6 Å². The summed E-state index contributed by atoms with van der Waals surface area (Å²) in [6.45, 7) is 0. The van der Waals surface area contributed by atoms with Crippen molar-refractivity contribution in [2.75, 3.05) is 0 Å². The van der Waals surface area contributed by atoms with E-state index in [1.165, 1.54) is 29.7 Å². The van der Waals surface area contributed by atoms with Crippen LogP contribution in [0.5, 0.6) is 0 Å². The van der Waals surface area contributed by atoms with Gasteiger partial charge in [0.05, 0.1) is 5.39 Å². The number of nitrogens with one attached hydrogen (secondary N) is 1. The third-order valence-corrected chi connectivity index (χ3v) is 6.90. The Morgan fingerprint density at radius 1 is 1.17 bits per heavy atom. The summed E-state index contributed by atoms with van der Waals surface area (Å²) in [4.78, 5) is 15.7. The van der Waals surface area contributed by atoms with Gasteiger partial charge in [-0.05, 0) is 49.9 Å². The van der Waals surface area contributed by atoms with Crippen LogP contribution in [0.15, 0.2) is 4.79 Å². The summed E-state index contributed by atoms with van der Waals surface area (Å²) in [5.74, 6) is 0.694. The molecule has 5 rings (SSSR count). The lowest BCUT2D eigenvalue weighted by atomic mass is 9.95. The molecule has 0 unspecified atom stereocenters. The molecule has 0 aliphatic heterocycles. The predicted molar refractivity (Wildman–Crippen MR) is 94.2 cm³/mol. The Morgan fingerprint density at radius 2 is 2.00 bits per heavy atom. The number of hydrogen-bond acceptors (Lipinski definition) is 4. The van der Waals surface area contributed by atoms with E-state index in [1.54, 1.807) is 11.3 Å². The molecule has 0 aromatic carbocycles. The summed E-state index contributed by atoms with van der Waals surface area (Å²) in [5.41, 5.74) is 1.41. The van der Waals surface area contributed by atoms with Gasteiger partial charge in [0, 0.05) is 10.9 Å². The fourth-order valence-electron chi connectivity index (χ4n) is 4.28. The van der Waals surface area contributed by atoms with Gasteiger partial charge in [-0.25, -0.2) is 9.50 Å². The molecule has 0 atom stereocenters. The first-order valence-electron chi connectivity index (χ1n) is 8.41. The highest BCUT2D eigenvalue weighted by molar-refractivity contribution is 7.71. The lowest BCUT2D eigenvalue weighted by Crippen LogP contribution is -2.28. The average molecular weight is 346 g/mol. The lowest BCUT2D eigenvalue weighted by Gasteiger charge is -2.24. The van der Waals surface area contributed by atoms with Gasteiger partial charge in [-0.2, -0.15) is 0 Å². The third-order valence-electron chi connectivity index (χ3n) is 5.35. The Hall–Kier alpha value is -1.47. The summed E-state index contributed by atoms with van der Waals surface area (Å²) in [6.07, 6.45) is 9.04. The standard InChI is InChI=1S/C16H18N4OS2/c21-13-12-10-7-4-8-11(10)23-14(12)20-15(17-18-16(20)22)19(13)9-5-2-1-3-6-9/h9H,1-8H2,(H,18,22). The first kappa shape index (κ1) is 13.9. The van der Waals surface area contributed by atoms with Gasteiger partial charge in [0.2, 0.25) is 10.5 Å². The molecule has 2 aliphatic rings. The largest absolute Gasteiger partial charge is 0.273 e. The second-order valence-corrected chi connectivity index (χ2v) is 8.14. The molecule has 0 spiro atoms. The molecular weight excluding hydrogens is 328 g/mol. The normalized spacial score (nSPS) is 19.0. The quantitative estimate of drug-likeness (QED) is 0.683. The molecule has 7 heteroatoms. The van der Waals surface area contributed by atoms with Gasteiger partial charge in [-0.3, -0.25) is 9.36 Å². The Kier molecular flexibility index (Phi) is 3.03. The van der Waals surface area contributed by atoms with Gasteiger partial charge in [0.15, 0.2) is 0 Å². The van der Waals surface area contributed by atoms with Crippen LogP contribution in [0.2, 0.25) is 0 Å². The van der Waals surface area contributed by atoms with Crippen LogP contribution in [-0.2, 0) is 12.8 Å². The first-order chi connectivity index (χ1) is 11.3. The molecule has 1 fully saturated rings. The van der Waals surface area contributed by atoms with Crippen molar-refractivity contribution in [3.8, 4) is 0 Å². The number of hydrogen-bond donors (Lipinski definition) is 1. The zero-order chi connectivity index (χ0) is 15.6. The van der Waals surface area contributed by atoms with Crippen LogP contribution in [0, 0.1) is 4.77 Å². The lowest BCUT2D eigenvalue weighted by molar-refractivity contribution is 0.351. The van der Waals surface area contributed by atoms with Gasteiger partial charge < -0.3 is 0 Å². The van der Waals surface area contributed by atoms with Crippen LogP contribution in [0.4, 0.5) is 0 Å². The molecule has 0 amide bonds. The van der Waals surface area contributed by atoms with Crippen molar-refractivity contribution < 1.29 is 0 Å². The summed E-state index contributed by atoms with van der Waals surface area (Å²) in [6, 6.07) is 0.255. The van der Waals surface area contributed by atoms with E-state index in [0.29, 0.717) is 10.5 Å². The highest BCUT2D eigenvalue weighted by Crippen LogP contribution is 2.37. The number of thiophene rings is 1. The minimum absolute atomic E-state index is 0.146. The van der Waals surface area contributed by atoms with Crippen molar-refractivity contribution in [1.29, 1.82) is 0 Å². The highest BCUT2D eigenvalue weighted by Gasteiger charge is 2.27. The second kappa shape index (κ2) is 5.01. The Balaban J connectivity index is 1.94. The molecular formula is C16H18N4OS2. The molecule has 3 heterocycles. The number of nitrogens with zero attached hydrogens (tertiary/aromatic N) is 3. The number of aromatic nitrogens is 4. The van der Waals surface area contributed by atoms with Crippen LogP contribution in [0.1, 0.15) is 55.0 Å². The van der Waals surface area contributed by atoms with Crippen molar-refractivity contribution in [3.63, 3.8) is 0 Å². The first-order valence-corrected chi connectivity index (χ1v) is 9.64. The van der Waals surface area contributed by atoms with Gasteiger partial charge >= 0.3 is 0 Å². The maximum atomic E-state index is 13.3. The summed E-state index contributed by atoms with van der Waals surface area (Å²) in [5, 5.41) is 8.21. The van der Waals surface area contributed by atoms with Crippen LogP contribution < -0.4 is 5.56 Å². The van der Waals surface area contributed by atoms with Crippen molar-refractivity contribution in [2.24, 2.45) is 0 Å². The molecule has 2 aliphatic carbocycles. The van der Waals surface area contributed by atoms with E-state index in [9.17, 15) is 4.79 Å². The Bertz CT molecular complexity index is 1030. The number of aromatic amines is 1. The number of H-pyrrole nitrogens is 1. The van der Waals surface area contributed by atoms with E-state index in [-0.39, 0.29) is 11.6 Å². The van der Waals surface area contributed by atoms with Crippen LogP contribution in [0.25, 0.3) is 16.0 Å². The van der Waals surface area contributed by atoms with Gasteiger partial charge in [0.1, 0.15) is 4.83 Å². The number of aryl methyl sites for hydroxylation is 2. The zero-order valence-corrected chi connectivity index (χ0v) is 14.4. The maximum absolute atomic E-state index is 13.3. The summed E-state index contributed by atoms with van der Waals surface area (Å²) in [7, 11) is 0. The molecule has 1 N–H and O–H groups in total. The monoisotopic (exact) mass is 346 g/mol. The van der Waals surface area contributed by atoms with Gasteiger partial charge in [-0.1, -0.05) is 19.3 Å². The van der Waals surface area contributed by atoms with E-state index in [4.69, 9.17) is 12.2 Å². The van der Waals surface area contributed by atoms with Crippen molar-refractivity contribution in [1.82, 2.24) is 19.2 Å². The fourth-order valence-corrected chi connectivity index (χ4v) is 5.94. The van der Waals surface area contributed by atoms with Crippen LogP contribution in [0.3, 0.4) is 0 Å². The number of fused-ring (bicyclic) bond motifs is 5. The molecule has 3 aromatic heterocycles. The fraction of sp³-hybridized carbons (Fsp3) is 0.562. The maximum Gasteiger partial charge on any atom is 0.264 e. The van der Waals surface area contributed by atoms with E-state index in [0.717, 1.165) is 42.3 Å². The van der Waals surface area contributed by atoms with E-state index in [2.05, 4.69) is 10.2 Å². The molecule has 5 nitrogen and oxygen atoms in total. The van der Waals surface area contributed by atoms with E-state index < -0.39 is 0 Å². The Morgan fingerprint density at radius 3 is 2.83 bits per heavy atom. The SMILES string of the molecule is O=c1c2c3c(sc2n2c(=S)[nH]nc2n1C1CCCCC1)CCC3. The molecule has 3 aromatic rings. The summed E-state index contributed by atoms with van der Waals surface area (Å²) < 4.78 is 4.51. The molecule has 23 heavy (non-hydrogen) atoms. The number of rotatable bonds is 1. The highest BCUT2D eigenvalue weighted by atomic mass is 32.1. The van der Waals surface area contributed by atoms with Crippen LogP contribution >= 0.6 is 23.6 Å². The average Bonchev–Trinajstić information content (AvgIpc) is 3.22. The van der Waals surface area contributed by atoms with Gasteiger partial charge in [-0.15, -0.1) is 16.4 Å². The summed E-state index contributed by atoms with van der Waals surface area (Å²) >= 11 is 7.19. The molecule has 0 radical (unpaired) electrons. The molecule has 1 saturated carbocycles.